The number of halogens is 1. The first-order valence-corrected chi connectivity index (χ1v) is 12.9. The van der Waals surface area contributed by atoms with Crippen LogP contribution < -0.4 is 20.7 Å². The van der Waals surface area contributed by atoms with E-state index in [0.717, 1.165) is 52.3 Å². The number of thiocarbonyl (C=S) groups is 1. The third kappa shape index (κ3) is 6.14. The van der Waals surface area contributed by atoms with Crippen LogP contribution in [-0.2, 0) is 11.3 Å². The van der Waals surface area contributed by atoms with Crippen molar-refractivity contribution in [3.8, 4) is 22.1 Å². The van der Waals surface area contributed by atoms with Gasteiger partial charge in [0.05, 0.1) is 27.4 Å². The molecule has 1 fully saturated rings. The smallest absolute Gasteiger partial charge is 0.170 e. The summed E-state index contributed by atoms with van der Waals surface area (Å²) in [6.07, 6.45) is 5.75. The van der Waals surface area contributed by atoms with Gasteiger partial charge in [0.1, 0.15) is 5.75 Å². The van der Waals surface area contributed by atoms with Gasteiger partial charge < -0.3 is 25.4 Å². The molecule has 5 rings (SSSR count). The molecule has 1 aromatic carbocycles. The lowest BCUT2D eigenvalue weighted by molar-refractivity contribution is 0.199. The van der Waals surface area contributed by atoms with E-state index in [4.69, 9.17) is 21.7 Å². The lowest BCUT2D eigenvalue weighted by Crippen LogP contribution is -2.30. The molecular weight excluding hydrogens is 497 g/mol. The molecule has 1 saturated carbocycles. The number of hydrogen-bond acceptors (Lipinski definition) is 7. The van der Waals surface area contributed by atoms with E-state index in [1.165, 1.54) is 17.4 Å². The maximum atomic E-state index is 14.8. The van der Waals surface area contributed by atoms with E-state index in [0.29, 0.717) is 29.2 Å². The summed E-state index contributed by atoms with van der Waals surface area (Å²) in [6, 6.07) is 12.9. The third-order valence-electron chi connectivity index (χ3n) is 5.59. The van der Waals surface area contributed by atoms with Crippen LogP contribution in [0.15, 0.2) is 54.9 Å². The maximum absolute atomic E-state index is 14.8. The predicted molar refractivity (Wildman–Crippen MR) is 145 cm³/mol. The molecule has 0 unspecified atom stereocenters. The highest BCUT2D eigenvalue weighted by Crippen LogP contribution is 2.39. The van der Waals surface area contributed by atoms with Crippen molar-refractivity contribution in [2.45, 2.75) is 25.4 Å². The number of pyridine rings is 2. The minimum atomic E-state index is -0.479. The zero-order chi connectivity index (χ0) is 24.9. The molecule has 3 aromatic heterocycles. The number of benzene rings is 1. The van der Waals surface area contributed by atoms with Gasteiger partial charge in [-0.25, -0.2) is 4.39 Å². The highest BCUT2D eigenvalue weighted by molar-refractivity contribution is 7.80. The monoisotopic (exact) mass is 523 g/mol. The van der Waals surface area contributed by atoms with Crippen LogP contribution in [0.2, 0.25) is 0 Å². The van der Waals surface area contributed by atoms with E-state index in [1.54, 1.807) is 31.5 Å². The molecule has 7 nitrogen and oxygen atoms in total. The summed E-state index contributed by atoms with van der Waals surface area (Å²) >= 11 is 6.78. The fourth-order valence-corrected chi connectivity index (χ4v) is 4.89. The highest BCUT2D eigenvalue weighted by atomic mass is 32.1. The number of ether oxygens (including phenoxy) is 2. The SMILES string of the molecule is COCCNCc1ccc(-c2cc3nccc(Oc4ccc(NC(=S)NC5CC5)cc4F)c3s2)nc1. The first kappa shape index (κ1) is 24.5. The second-order valence-corrected chi connectivity index (χ2v) is 9.94. The normalized spacial score (nSPS) is 13.1. The lowest BCUT2D eigenvalue weighted by atomic mass is 10.2. The molecule has 0 amide bonds. The first-order valence-electron chi connectivity index (χ1n) is 11.7. The van der Waals surface area contributed by atoms with Crippen LogP contribution in [0.25, 0.3) is 20.8 Å². The van der Waals surface area contributed by atoms with Crippen molar-refractivity contribution in [1.29, 1.82) is 0 Å². The number of aromatic nitrogens is 2. The van der Waals surface area contributed by atoms with Crippen molar-refractivity contribution < 1.29 is 13.9 Å². The molecule has 0 bridgehead atoms. The van der Waals surface area contributed by atoms with Gasteiger partial charge in [-0.1, -0.05) is 6.07 Å². The topological polar surface area (TPSA) is 80.3 Å². The van der Waals surface area contributed by atoms with Crippen LogP contribution >= 0.6 is 23.6 Å². The van der Waals surface area contributed by atoms with Gasteiger partial charge in [-0.2, -0.15) is 0 Å². The summed E-state index contributed by atoms with van der Waals surface area (Å²) in [5, 5.41) is 10.00. The molecule has 0 saturated heterocycles. The van der Waals surface area contributed by atoms with Gasteiger partial charge in [-0.3, -0.25) is 9.97 Å². The third-order valence-corrected chi connectivity index (χ3v) is 6.97. The molecule has 1 aliphatic rings. The molecule has 3 heterocycles. The Bertz CT molecular complexity index is 1360. The molecule has 3 N–H and O–H groups in total. The van der Waals surface area contributed by atoms with Crippen molar-refractivity contribution in [2.24, 2.45) is 0 Å². The number of anilines is 1. The second kappa shape index (κ2) is 11.3. The standard InChI is InChI=1S/C26H26FN5O2S2/c1-33-11-10-28-14-16-2-6-20(30-15-16)24-13-21-25(36-24)23(8-9-29-21)34-22-7-5-18(12-19(22)27)32-26(35)31-17-3-4-17/h2,5-9,12-13,15,17,28H,3-4,10-11,14H2,1H3,(H2,31,32,35). The molecule has 10 heteroatoms. The van der Waals surface area contributed by atoms with Crippen LogP contribution in [-0.4, -0.2) is 41.4 Å². The van der Waals surface area contributed by atoms with Crippen LogP contribution in [0.4, 0.5) is 10.1 Å². The Hall–Kier alpha value is -3.18. The fraction of sp³-hybridized carbons (Fsp3) is 0.269. The Morgan fingerprint density at radius 3 is 2.78 bits per heavy atom. The number of nitrogens with one attached hydrogen (secondary N) is 3. The van der Waals surface area contributed by atoms with Crippen LogP contribution in [0.5, 0.6) is 11.5 Å². The number of thiophene rings is 1. The van der Waals surface area contributed by atoms with Crippen molar-refractivity contribution >= 4 is 44.6 Å². The zero-order valence-corrected chi connectivity index (χ0v) is 21.3. The van der Waals surface area contributed by atoms with E-state index in [-0.39, 0.29) is 5.75 Å². The largest absolute Gasteiger partial charge is 0.453 e. The summed E-state index contributed by atoms with van der Waals surface area (Å²) < 4.78 is 26.7. The zero-order valence-electron chi connectivity index (χ0n) is 19.7. The minimum absolute atomic E-state index is 0.132. The Labute approximate surface area is 218 Å². The molecule has 1 aliphatic carbocycles. The van der Waals surface area contributed by atoms with E-state index >= 15 is 0 Å². The Balaban J connectivity index is 1.29. The van der Waals surface area contributed by atoms with Crippen LogP contribution in [0, 0.1) is 5.82 Å². The molecular formula is C26H26FN5O2S2. The van der Waals surface area contributed by atoms with E-state index in [2.05, 4.69) is 25.9 Å². The maximum Gasteiger partial charge on any atom is 0.170 e. The van der Waals surface area contributed by atoms with Crippen LogP contribution in [0.1, 0.15) is 18.4 Å². The van der Waals surface area contributed by atoms with E-state index in [9.17, 15) is 4.39 Å². The molecule has 0 spiro atoms. The molecule has 0 radical (unpaired) electrons. The Morgan fingerprint density at radius 1 is 1.14 bits per heavy atom. The number of methoxy groups -OCH3 is 1. The van der Waals surface area contributed by atoms with Gasteiger partial charge in [-0.05, 0) is 54.9 Å². The van der Waals surface area contributed by atoms with Gasteiger partial charge in [-0.15, -0.1) is 11.3 Å². The van der Waals surface area contributed by atoms with Gasteiger partial charge in [0.15, 0.2) is 16.7 Å². The van der Waals surface area contributed by atoms with E-state index < -0.39 is 5.82 Å². The molecule has 4 aromatic rings. The first-order chi connectivity index (χ1) is 17.6. The average molecular weight is 524 g/mol. The van der Waals surface area contributed by atoms with Crippen molar-refractivity contribution in [3.63, 3.8) is 0 Å². The average Bonchev–Trinajstić information content (AvgIpc) is 3.57. The molecule has 0 atom stereocenters. The molecule has 36 heavy (non-hydrogen) atoms. The second-order valence-electron chi connectivity index (χ2n) is 8.48. The van der Waals surface area contributed by atoms with Crippen molar-refractivity contribution in [1.82, 2.24) is 20.6 Å². The molecule has 186 valence electrons. The van der Waals surface area contributed by atoms with Gasteiger partial charge in [0, 0.05) is 56.5 Å². The lowest BCUT2D eigenvalue weighted by Gasteiger charge is -2.12. The summed E-state index contributed by atoms with van der Waals surface area (Å²) in [5.74, 6) is 0.195. The van der Waals surface area contributed by atoms with Crippen molar-refractivity contribution in [3.05, 3.63) is 66.2 Å². The van der Waals surface area contributed by atoms with Crippen LogP contribution in [0.3, 0.4) is 0 Å². The summed E-state index contributed by atoms with van der Waals surface area (Å²) in [5.41, 5.74) is 3.28. The predicted octanol–water partition coefficient (Wildman–Crippen LogP) is 5.47. The number of rotatable bonds is 10. The number of hydrogen-bond donors (Lipinski definition) is 3. The number of nitrogens with zero attached hydrogens (tertiary/aromatic N) is 2. The fourth-order valence-electron chi connectivity index (χ4n) is 3.56. The number of fused-ring (bicyclic) bond motifs is 1. The quantitative estimate of drug-likeness (QED) is 0.186. The highest BCUT2D eigenvalue weighted by Gasteiger charge is 2.22. The Morgan fingerprint density at radius 2 is 2.03 bits per heavy atom. The Kier molecular flexibility index (Phi) is 7.66. The van der Waals surface area contributed by atoms with Gasteiger partial charge in [0.2, 0.25) is 0 Å². The van der Waals surface area contributed by atoms with Crippen molar-refractivity contribution in [2.75, 3.05) is 25.6 Å². The van der Waals surface area contributed by atoms with Gasteiger partial charge in [0.25, 0.3) is 0 Å². The minimum Gasteiger partial charge on any atom is -0.453 e. The van der Waals surface area contributed by atoms with Gasteiger partial charge >= 0.3 is 0 Å². The van der Waals surface area contributed by atoms with E-state index in [1.807, 2.05) is 24.4 Å². The summed E-state index contributed by atoms with van der Waals surface area (Å²) in [7, 11) is 1.68. The summed E-state index contributed by atoms with van der Waals surface area (Å²) in [4.78, 5) is 10.0. The molecule has 0 aliphatic heterocycles. The summed E-state index contributed by atoms with van der Waals surface area (Å²) in [6.45, 7) is 2.18.